The smallest absolute Gasteiger partial charge is 0.191 e. The standard InChI is InChI=1S/C15H28N4O3S2/c1-16-14(18-13-2-9-24(20,21)10-13)17-11-15(3-8-23-12-15)19-4-6-22-7-5-19/h13H,2-12H2,1H3,(H2,16,17,18). The van der Waals surface area contributed by atoms with Gasteiger partial charge in [0.05, 0.1) is 24.7 Å². The molecule has 0 aromatic heterocycles. The zero-order chi connectivity index (χ0) is 17.0. The fourth-order valence-electron chi connectivity index (χ4n) is 3.68. The van der Waals surface area contributed by atoms with Crippen LogP contribution in [0.25, 0.3) is 0 Å². The van der Waals surface area contributed by atoms with Crippen LogP contribution in [0.3, 0.4) is 0 Å². The van der Waals surface area contributed by atoms with Crippen LogP contribution in [-0.2, 0) is 14.6 Å². The summed E-state index contributed by atoms with van der Waals surface area (Å²) < 4.78 is 28.7. The molecule has 3 fully saturated rings. The van der Waals surface area contributed by atoms with Crippen molar-refractivity contribution >= 4 is 27.6 Å². The molecule has 0 aliphatic carbocycles. The topological polar surface area (TPSA) is 83.0 Å². The fraction of sp³-hybridized carbons (Fsp3) is 0.933. The van der Waals surface area contributed by atoms with Crippen molar-refractivity contribution in [3.05, 3.63) is 0 Å². The molecular weight excluding hydrogens is 348 g/mol. The van der Waals surface area contributed by atoms with Gasteiger partial charge in [0, 0.05) is 44.0 Å². The second kappa shape index (κ2) is 7.80. The van der Waals surface area contributed by atoms with Gasteiger partial charge in [-0.15, -0.1) is 0 Å². The number of sulfone groups is 1. The first-order valence-electron chi connectivity index (χ1n) is 8.61. The number of hydrogen-bond donors (Lipinski definition) is 2. The number of nitrogens with one attached hydrogen (secondary N) is 2. The van der Waals surface area contributed by atoms with Gasteiger partial charge in [0.2, 0.25) is 0 Å². The Balaban J connectivity index is 1.57. The van der Waals surface area contributed by atoms with E-state index in [1.54, 1.807) is 7.05 Å². The average molecular weight is 377 g/mol. The van der Waals surface area contributed by atoms with Crippen molar-refractivity contribution in [1.29, 1.82) is 0 Å². The molecule has 3 saturated heterocycles. The van der Waals surface area contributed by atoms with Crippen molar-refractivity contribution in [3.63, 3.8) is 0 Å². The quantitative estimate of drug-likeness (QED) is 0.508. The molecule has 3 aliphatic rings. The van der Waals surface area contributed by atoms with Crippen LogP contribution in [0.4, 0.5) is 0 Å². The van der Waals surface area contributed by atoms with E-state index in [1.807, 2.05) is 11.8 Å². The summed E-state index contributed by atoms with van der Waals surface area (Å²) in [6.07, 6.45) is 1.83. The first-order chi connectivity index (χ1) is 11.5. The lowest BCUT2D eigenvalue weighted by Crippen LogP contribution is -2.60. The van der Waals surface area contributed by atoms with Gasteiger partial charge in [-0.1, -0.05) is 0 Å². The van der Waals surface area contributed by atoms with E-state index in [2.05, 4.69) is 20.5 Å². The predicted molar refractivity (Wildman–Crippen MR) is 98.6 cm³/mol. The third-order valence-corrected chi connectivity index (χ3v) is 8.15. The molecule has 0 aromatic rings. The normalized spacial score (nSPS) is 34.4. The molecule has 0 amide bonds. The monoisotopic (exact) mass is 376 g/mol. The summed E-state index contributed by atoms with van der Waals surface area (Å²) in [5, 5.41) is 6.73. The van der Waals surface area contributed by atoms with Crippen molar-refractivity contribution < 1.29 is 13.2 Å². The van der Waals surface area contributed by atoms with Gasteiger partial charge in [0.25, 0.3) is 0 Å². The van der Waals surface area contributed by atoms with Gasteiger partial charge in [-0.3, -0.25) is 9.89 Å². The summed E-state index contributed by atoms with van der Waals surface area (Å²) in [4.78, 5) is 6.84. The van der Waals surface area contributed by atoms with Crippen LogP contribution in [0.1, 0.15) is 12.8 Å². The van der Waals surface area contributed by atoms with Gasteiger partial charge in [0.1, 0.15) is 0 Å². The van der Waals surface area contributed by atoms with Gasteiger partial charge >= 0.3 is 0 Å². The minimum absolute atomic E-state index is 0.0292. The van der Waals surface area contributed by atoms with E-state index in [4.69, 9.17) is 4.74 Å². The Morgan fingerprint density at radius 1 is 1.42 bits per heavy atom. The van der Waals surface area contributed by atoms with Gasteiger partial charge in [-0.2, -0.15) is 11.8 Å². The molecule has 7 nitrogen and oxygen atoms in total. The SMILES string of the molecule is CN=C(NCC1(N2CCOCC2)CCSC1)NC1CCS(=O)(=O)C1. The highest BCUT2D eigenvalue weighted by Gasteiger charge is 2.40. The Morgan fingerprint density at radius 3 is 2.79 bits per heavy atom. The second-order valence-electron chi connectivity index (χ2n) is 6.80. The lowest BCUT2D eigenvalue weighted by atomic mass is 9.95. The summed E-state index contributed by atoms with van der Waals surface area (Å²) in [6, 6.07) is -0.0292. The van der Waals surface area contributed by atoms with Gasteiger partial charge in [0.15, 0.2) is 15.8 Å². The molecule has 2 N–H and O–H groups in total. The van der Waals surface area contributed by atoms with E-state index in [-0.39, 0.29) is 23.1 Å². The Bertz CT molecular complexity index is 555. The first-order valence-corrected chi connectivity index (χ1v) is 11.6. The average Bonchev–Trinajstić information content (AvgIpc) is 3.19. The number of guanidine groups is 1. The molecular formula is C15H28N4O3S2. The number of rotatable bonds is 4. The third-order valence-electron chi connectivity index (χ3n) is 5.15. The van der Waals surface area contributed by atoms with E-state index in [0.717, 1.165) is 38.6 Å². The van der Waals surface area contributed by atoms with Crippen LogP contribution in [0, 0.1) is 0 Å². The summed E-state index contributed by atoms with van der Waals surface area (Å²) >= 11 is 2.00. The molecule has 3 rings (SSSR count). The van der Waals surface area contributed by atoms with Crippen LogP contribution in [0.5, 0.6) is 0 Å². The molecule has 2 atom stereocenters. The van der Waals surface area contributed by atoms with E-state index in [0.29, 0.717) is 12.4 Å². The molecule has 0 radical (unpaired) electrons. The fourth-order valence-corrected chi connectivity index (χ4v) is 6.83. The number of thioether (sulfide) groups is 1. The number of nitrogens with zero attached hydrogens (tertiary/aromatic N) is 2. The second-order valence-corrected chi connectivity index (χ2v) is 10.1. The van der Waals surface area contributed by atoms with Crippen molar-refractivity contribution in [2.75, 3.05) is 62.9 Å². The largest absolute Gasteiger partial charge is 0.379 e. The van der Waals surface area contributed by atoms with Crippen LogP contribution in [0.15, 0.2) is 4.99 Å². The number of hydrogen-bond acceptors (Lipinski definition) is 6. The molecule has 3 aliphatic heterocycles. The third kappa shape index (κ3) is 4.36. The van der Waals surface area contributed by atoms with Crippen molar-refractivity contribution in [1.82, 2.24) is 15.5 Å². The van der Waals surface area contributed by atoms with Crippen LogP contribution in [0.2, 0.25) is 0 Å². The van der Waals surface area contributed by atoms with Crippen LogP contribution < -0.4 is 10.6 Å². The van der Waals surface area contributed by atoms with Crippen LogP contribution >= 0.6 is 11.8 Å². The zero-order valence-corrected chi connectivity index (χ0v) is 15.9. The molecule has 3 heterocycles. The van der Waals surface area contributed by atoms with E-state index in [1.165, 1.54) is 12.2 Å². The number of aliphatic imine (C=N–C) groups is 1. The first kappa shape index (κ1) is 18.3. The Hall–Kier alpha value is -0.510. The maximum Gasteiger partial charge on any atom is 0.191 e. The number of morpholine rings is 1. The van der Waals surface area contributed by atoms with Gasteiger partial charge < -0.3 is 15.4 Å². The van der Waals surface area contributed by atoms with Gasteiger partial charge in [-0.25, -0.2) is 8.42 Å². The highest BCUT2D eigenvalue weighted by molar-refractivity contribution is 7.99. The molecule has 24 heavy (non-hydrogen) atoms. The molecule has 0 bridgehead atoms. The lowest BCUT2D eigenvalue weighted by Gasteiger charge is -2.43. The number of ether oxygens (including phenoxy) is 1. The molecule has 0 spiro atoms. The maximum absolute atomic E-state index is 11.6. The Labute approximate surface area is 148 Å². The predicted octanol–water partition coefficient (Wildman–Crippen LogP) is -0.454. The molecule has 0 saturated carbocycles. The van der Waals surface area contributed by atoms with E-state index < -0.39 is 9.84 Å². The van der Waals surface area contributed by atoms with E-state index >= 15 is 0 Å². The highest BCUT2D eigenvalue weighted by atomic mass is 32.2. The zero-order valence-electron chi connectivity index (χ0n) is 14.3. The van der Waals surface area contributed by atoms with Gasteiger partial charge in [-0.05, 0) is 18.6 Å². The molecule has 138 valence electrons. The lowest BCUT2D eigenvalue weighted by molar-refractivity contribution is -0.0120. The molecule has 2 unspecified atom stereocenters. The molecule has 0 aromatic carbocycles. The highest BCUT2D eigenvalue weighted by Crippen LogP contribution is 2.33. The van der Waals surface area contributed by atoms with E-state index in [9.17, 15) is 8.42 Å². The minimum atomic E-state index is -2.88. The van der Waals surface area contributed by atoms with Crippen LogP contribution in [-0.4, -0.2) is 93.8 Å². The van der Waals surface area contributed by atoms with Crippen molar-refractivity contribution in [2.45, 2.75) is 24.4 Å². The Morgan fingerprint density at radius 2 is 2.21 bits per heavy atom. The van der Waals surface area contributed by atoms with Crippen molar-refractivity contribution in [3.8, 4) is 0 Å². The Kier molecular flexibility index (Phi) is 5.94. The molecule has 9 heteroatoms. The summed E-state index contributed by atoms with van der Waals surface area (Å²) in [6.45, 7) is 4.40. The minimum Gasteiger partial charge on any atom is -0.379 e. The van der Waals surface area contributed by atoms with Crippen molar-refractivity contribution in [2.24, 2.45) is 4.99 Å². The summed E-state index contributed by atoms with van der Waals surface area (Å²) in [5.41, 5.74) is 0.147. The summed E-state index contributed by atoms with van der Waals surface area (Å²) in [7, 11) is -1.14. The maximum atomic E-state index is 11.6. The summed E-state index contributed by atoms with van der Waals surface area (Å²) in [5.74, 6) is 3.50.